The number of thiazole rings is 1. The van der Waals surface area contributed by atoms with E-state index in [1.54, 1.807) is 18.4 Å². The molecule has 0 aliphatic rings. The number of ether oxygens (including phenoxy) is 1. The molecule has 1 heterocycles. The molecule has 1 N–H and O–H groups in total. The number of nitrogens with one attached hydrogen (secondary N) is 1. The van der Waals surface area contributed by atoms with Gasteiger partial charge < -0.3 is 10.1 Å². The molecule has 3 nitrogen and oxygen atoms in total. The van der Waals surface area contributed by atoms with Gasteiger partial charge in [0.15, 0.2) is 0 Å². The van der Waals surface area contributed by atoms with Gasteiger partial charge in [-0.15, -0.1) is 11.3 Å². The fourth-order valence-corrected chi connectivity index (χ4v) is 2.38. The molecule has 90 valence electrons. The van der Waals surface area contributed by atoms with Gasteiger partial charge in [-0.3, -0.25) is 0 Å². The van der Waals surface area contributed by atoms with E-state index in [-0.39, 0.29) is 0 Å². The van der Waals surface area contributed by atoms with E-state index < -0.39 is 0 Å². The number of anilines is 1. The Morgan fingerprint density at radius 2 is 1.94 bits per heavy atom. The van der Waals surface area contributed by atoms with Crippen LogP contribution in [0, 0.1) is 13.8 Å². The third-order valence-corrected chi connectivity index (χ3v) is 3.68. The van der Waals surface area contributed by atoms with Crippen LogP contribution in [0.15, 0.2) is 24.3 Å². The van der Waals surface area contributed by atoms with E-state index in [1.807, 2.05) is 31.2 Å². The van der Waals surface area contributed by atoms with Crippen LogP contribution >= 0.6 is 11.3 Å². The van der Waals surface area contributed by atoms with Crippen molar-refractivity contribution in [3.05, 3.63) is 39.8 Å². The van der Waals surface area contributed by atoms with E-state index >= 15 is 0 Å². The van der Waals surface area contributed by atoms with Crippen molar-refractivity contribution >= 4 is 17.0 Å². The molecule has 0 atom stereocenters. The molecule has 0 aliphatic carbocycles. The average Bonchev–Trinajstić information content (AvgIpc) is 2.67. The Hall–Kier alpha value is -1.55. The smallest absolute Gasteiger partial charge is 0.119 e. The van der Waals surface area contributed by atoms with Crippen LogP contribution in [0.1, 0.15) is 15.6 Å². The van der Waals surface area contributed by atoms with E-state index in [9.17, 15) is 0 Å². The zero-order chi connectivity index (χ0) is 12.3. The SMILES string of the molecule is COc1ccc(NCc2nc(C)c(C)s2)cc1. The number of methoxy groups -OCH3 is 1. The summed E-state index contributed by atoms with van der Waals surface area (Å²) in [5, 5.41) is 4.47. The van der Waals surface area contributed by atoms with E-state index in [1.165, 1.54) is 4.88 Å². The number of rotatable bonds is 4. The Bertz CT molecular complexity index is 471. The summed E-state index contributed by atoms with van der Waals surface area (Å²) in [6.07, 6.45) is 0. The van der Waals surface area contributed by atoms with E-state index in [4.69, 9.17) is 4.74 Å². The van der Waals surface area contributed by atoms with Crippen LogP contribution in [0.3, 0.4) is 0 Å². The number of aromatic nitrogens is 1. The van der Waals surface area contributed by atoms with Crippen LogP contribution < -0.4 is 10.1 Å². The van der Waals surface area contributed by atoms with Gasteiger partial charge in [0.05, 0.1) is 19.3 Å². The van der Waals surface area contributed by atoms with Gasteiger partial charge in [-0.1, -0.05) is 0 Å². The van der Waals surface area contributed by atoms with Gasteiger partial charge >= 0.3 is 0 Å². The first-order chi connectivity index (χ1) is 8.19. The zero-order valence-electron chi connectivity index (χ0n) is 10.3. The van der Waals surface area contributed by atoms with Crippen LogP contribution in [0.4, 0.5) is 5.69 Å². The summed E-state index contributed by atoms with van der Waals surface area (Å²) in [6.45, 7) is 4.91. The second-order valence-corrected chi connectivity index (χ2v) is 5.12. The summed E-state index contributed by atoms with van der Waals surface area (Å²) in [6, 6.07) is 7.90. The van der Waals surface area contributed by atoms with Crippen LogP contribution in [0.2, 0.25) is 0 Å². The Balaban J connectivity index is 1.97. The minimum Gasteiger partial charge on any atom is -0.497 e. The van der Waals surface area contributed by atoms with Gasteiger partial charge in [0.2, 0.25) is 0 Å². The van der Waals surface area contributed by atoms with Gasteiger partial charge in [0, 0.05) is 10.6 Å². The molecule has 0 saturated heterocycles. The molecule has 0 fully saturated rings. The predicted molar refractivity (Wildman–Crippen MR) is 71.9 cm³/mol. The van der Waals surface area contributed by atoms with E-state index in [0.29, 0.717) is 0 Å². The maximum atomic E-state index is 5.11. The van der Waals surface area contributed by atoms with Crippen molar-refractivity contribution in [3.8, 4) is 5.75 Å². The maximum Gasteiger partial charge on any atom is 0.119 e. The molecule has 1 aromatic heterocycles. The number of nitrogens with zero attached hydrogens (tertiary/aromatic N) is 1. The first-order valence-corrected chi connectivity index (χ1v) is 6.31. The third-order valence-electron chi connectivity index (χ3n) is 2.61. The number of hydrogen-bond donors (Lipinski definition) is 1. The highest BCUT2D eigenvalue weighted by Gasteiger charge is 2.03. The quantitative estimate of drug-likeness (QED) is 0.900. The minimum atomic E-state index is 0.770. The fourth-order valence-electron chi connectivity index (χ4n) is 1.50. The van der Waals surface area contributed by atoms with Crippen molar-refractivity contribution in [2.24, 2.45) is 0 Å². The summed E-state index contributed by atoms with van der Waals surface area (Å²) in [7, 11) is 1.67. The Morgan fingerprint density at radius 3 is 2.47 bits per heavy atom. The van der Waals surface area contributed by atoms with Crippen LogP contribution in [0.5, 0.6) is 5.75 Å². The van der Waals surface area contributed by atoms with Crippen LogP contribution in [0.25, 0.3) is 0 Å². The van der Waals surface area contributed by atoms with Crippen LogP contribution in [-0.4, -0.2) is 12.1 Å². The summed E-state index contributed by atoms with van der Waals surface area (Å²) in [4.78, 5) is 5.78. The second kappa shape index (κ2) is 5.19. The number of aryl methyl sites for hydroxylation is 2. The van der Waals surface area contributed by atoms with Crippen molar-refractivity contribution in [1.82, 2.24) is 4.98 Å². The highest BCUT2D eigenvalue weighted by atomic mass is 32.1. The van der Waals surface area contributed by atoms with Crippen molar-refractivity contribution in [3.63, 3.8) is 0 Å². The van der Waals surface area contributed by atoms with Crippen molar-refractivity contribution < 1.29 is 4.74 Å². The fraction of sp³-hybridized carbons (Fsp3) is 0.308. The minimum absolute atomic E-state index is 0.770. The van der Waals surface area contributed by atoms with Gasteiger partial charge in [-0.2, -0.15) is 0 Å². The van der Waals surface area contributed by atoms with Gasteiger partial charge in [-0.05, 0) is 38.1 Å². The lowest BCUT2D eigenvalue weighted by molar-refractivity contribution is 0.415. The highest BCUT2D eigenvalue weighted by molar-refractivity contribution is 7.11. The number of benzene rings is 1. The molecule has 0 saturated carbocycles. The molecule has 0 amide bonds. The number of hydrogen-bond acceptors (Lipinski definition) is 4. The average molecular weight is 248 g/mol. The van der Waals surface area contributed by atoms with Crippen molar-refractivity contribution in [2.45, 2.75) is 20.4 Å². The summed E-state index contributed by atoms with van der Waals surface area (Å²) in [5.74, 6) is 0.872. The molecule has 4 heteroatoms. The lowest BCUT2D eigenvalue weighted by atomic mass is 10.3. The van der Waals surface area contributed by atoms with Crippen molar-refractivity contribution in [2.75, 3.05) is 12.4 Å². The van der Waals surface area contributed by atoms with Crippen molar-refractivity contribution in [1.29, 1.82) is 0 Å². The standard InChI is InChI=1S/C13H16N2OS/c1-9-10(2)17-13(15-9)8-14-11-4-6-12(16-3)7-5-11/h4-7,14H,8H2,1-3H3. The maximum absolute atomic E-state index is 5.11. The van der Waals surface area contributed by atoms with Crippen LogP contribution in [-0.2, 0) is 6.54 Å². The zero-order valence-corrected chi connectivity index (χ0v) is 11.1. The Morgan fingerprint density at radius 1 is 1.24 bits per heavy atom. The largest absolute Gasteiger partial charge is 0.497 e. The molecule has 0 spiro atoms. The second-order valence-electron chi connectivity index (χ2n) is 3.83. The normalized spacial score (nSPS) is 10.3. The lowest BCUT2D eigenvalue weighted by Gasteiger charge is -2.05. The molecule has 0 unspecified atom stereocenters. The van der Waals surface area contributed by atoms with E-state index in [0.717, 1.165) is 28.7 Å². The molecular weight excluding hydrogens is 232 g/mol. The summed E-state index contributed by atoms with van der Waals surface area (Å²) >= 11 is 1.74. The predicted octanol–water partition coefficient (Wildman–Crippen LogP) is 3.38. The molecule has 2 aromatic rings. The molecule has 0 bridgehead atoms. The summed E-state index contributed by atoms with van der Waals surface area (Å²) < 4.78 is 5.11. The highest BCUT2D eigenvalue weighted by Crippen LogP contribution is 2.19. The van der Waals surface area contributed by atoms with Gasteiger partial charge in [-0.25, -0.2) is 4.98 Å². The topological polar surface area (TPSA) is 34.1 Å². The first kappa shape index (κ1) is 11.9. The third kappa shape index (κ3) is 2.97. The van der Waals surface area contributed by atoms with E-state index in [2.05, 4.69) is 17.2 Å². The monoisotopic (exact) mass is 248 g/mol. The summed E-state index contributed by atoms with van der Waals surface area (Å²) in [5.41, 5.74) is 2.21. The molecule has 17 heavy (non-hydrogen) atoms. The lowest BCUT2D eigenvalue weighted by Crippen LogP contribution is -1.98. The molecule has 0 radical (unpaired) electrons. The Labute approximate surface area is 105 Å². The molecule has 2 rings (SSSR count). The molecule has 1 aromatic carbocycles. The first-order valence-electron chi connectivity index (χ1n) is 5.50. The Kier molecular flexibility index (Phi) is 3.64. The van der Waals surface area contributed by atoms with Gasteiger partial charge in [0.25, 0.3) is 0 Å². The molecular formula is C13H16N2OS. The molecule has 0 aliphatic heterocycles. The van der Waals surface area contributed by atoms with Gasteiger partial charge in [0.1, 0.15) is 10.8 Å².